The number of anilines is 3. The Morgan fingerprint density at radius 1 is 1.40 bits per heavy atom. The number of hydrogen-bond acceptors (Lipinski definition) is 4. The van der Waals surface area contributed by atoms with E-state index in [9.17, 15) is 4.79 Å². The van der Waals surface area contributed by atoms with Gasteiger partial charge in [-0.2, -0.15) is 0 Å². The van der Waals surface area contributed by atoms with E-state index in [-0.39, 0.29) is 5.56 Å². The fraction of sp³-hybridized carbons (Fsp3) is 0.0769. The van der Waals surface area contributed by atoms with Crippen LogP contribution in [0.3, 0.4) is 0 Å². The average Bonchev–Trinajstić information content (AvgIpc) is 2.37. The van der Waals surface area contributed by atoms with Crippen molar-refractivity contribution in [2.45, 2.75) is 6.92 Å². The van der Waals surface area contributed by atoms with Crippen LogP contribution in [-0.4, -0.2) is 10.9 Å². The van der Waals surface area contributed by atoms with Crippen LogP contribution in [0.1, 0.15) is 15.9 Å². The first-order chi connectivity index (χ1) is 9.38. The molecule has 2 rings (SSSR count). The normalized spacial score (nSPS) is 10.3. The molecule has 1 aromatic carbocycles. The Kier molecular flexibility index (Phi) is 4.15. The molecule has 0 saturated carbocycles. The van der Waals surface area contributed by atoms with Gasteiger partial charge in [0.1, 0.15) is 5.82 Å². The second kappa shape index (κ2) is 5.68. The summed E-state index contributed by atoms with van der Waals surface area (Å²) in [5.74, 6) is -0.283. The lowest BCUT2D eigenvalue weighted by Crippen LogP contribution is -2.15. The van der Waals surface area contributed by atoms with Gasteiger partial charge >= 0.3 is 0 Å². The van der Waals surface area contributed by atoms with Crippen LogP contribution in [0.5, 0.6) is 0 Å². The third-order valence-corrected chi connectivity index (χ3v) is 3.74. The largest absolute Gasteiger partial charge is 0.397 e. The van der Waals surface area contributed by atoms with E-state index in [1.807, 2.05) is 13.0 Å². The monoisotopic (exact) mass is 354 g/mol. The van der Waals surface area contributed by atoms with E-state index in [1.165, 1.54) is 12.3 Å². The number of nitrogens with zero attached hydrogens (tertiary/aromatic N) is 1. The lowest BCUT2D eigenvalue weighted by molar-refractivity contribution is 0.100. The van der Waals surface area contributed by atoms with E-state index in [0.29, 0.717) is 22.2 Å². The second-order valence-corrected chi connectivity index (χ2v) is 5.50. The predicted molar refractivity (Wildman–Crippen MR) is 84.3 cm³/mol. The number of carbonyl (C=O) groups is 1. The molecule has 1 heterocycles. The lowest BCUT2D eigenvalue weighted by atomic mass is 10.2. The van der Waals surface area contributed by atoms with Crippen LogP contribution >= 0.6 is 27.5 Å². The van der Waals surface area contributed by atoms with Crippen molar-refractivity contribution in [3.05, 3.63) is 45.0 Å². The molecule has 5 nitrogen and oxygen atoms in total. The minimum Gasteiger partial charge on any atom is -0.397 e. The van der Waals surface area contributed by atoms with Gasteiger partial charge in [0.2, 0.25) is 0 Å². The summed E-state index contributed by atoms with van der Waals surface area (Å²) in [6.45, 7) is 1.90. The van der Waals surface area contributed by atoms with E-state index in [2.05, 4.69) is 26.2 Å². The standard InChI is InChI=1S/C13H12BrClN4O/c1-6-2-9(14)11(4-10(6)15)19-13-8(12(17)20)3-7(16)5-18-13/h2-5H,16H2,1H3,(H2,17,20)(H,18,19). The Hall–Kier alpha value is -1.79. The molecule has 5 N–H and O–H groups in total. The number of amides is 1. The molecule has 0 radical (unpaired) electrons. The Balaban J connectivity index is 2.45. The highest BCUT2D eigenvalue weighted by atomic mass is 79.9. The Morgan fingerprint density at radius 3 is 2.75 bits per heavy atom. The highest BCUT2D eigenvalue weighted by molar-refractivity contribution is 9.10. The quantitative estimate of drug-likeness (QED) is 0.788. The first-order valence-corrected chi connectivity index (χ1v) is 6.83. The molecule has 1 amide bonds. The summed E-state index contributed by atoms with van der Waals surface area (Å²) >= 11 is 9.51. The number of halogens is 2. The summed E-state index contributed by atoms with van der Waals surface area (Å²) in [7, 11) is 0. The number of carbonyl (C=O) groups excluding carboxylic acids is 1. The second-order valence-electron chi connectivity index (χ2n) is 4.24. The highest BCUT2D eigenvalue weighted by Gasteiger charge is 2.12. The molecule has 0 aliphatic heterocycles. The molecule has 104 valence electrons. The Bertz CT molecular complexity index is 690. The Labute approximate surface area is 129 Å². The maximum atomic E-state index is 11.4. The van der Waals surface area contributed by atoms with Gasteiger partial charge in [-0.3, -0.25) is 4.79 Å². The van der Waals surface area contributed by atoms with Crippen molar-refractivity contribution >= 4 is 50.6 Å². The topological polar surface area (TPSA) is 94.0 Å². The molecule has 1 aromatic heterocycles. The molecule has 0 bridgehead atoms. The van der Waals surface area contributed by atoms with Crippen molar-refractivity contribution in [3.8, 4) is 0 Å². The van der Waals surface area contributed by atoms with Gasteiger partial charge in [0, 0.05) is 9.50 Å². The fourth-order valence-electron chi connectivity index (χ4n) is 1.64. The summed E-state index contributed by atoms with van der Waals surface area (Å²) < 4.78 is 0.799. The van der Waals surface area contributed by atoms with Gasteiger partial charge in [-0.05, 0) is 46.6 Å². The van der Waals surface area contributed by atoms with Crippen LogP contribution in [0.4, 0.5) is 17.2 Å². The molecule has 0 aliphatic carbocycles. The molecule has 20 heavy (non-hydrogen) atoms. The minimum atomic E-state index is -0.610. The predicted octanol–water partition coefficient (Wildman–Crippen LogP) is 3.23. The van der Waals surface area contributed by atoms with E-state index in [1.54, 1.807) is 6.07 Å². The third-order valence-electron chi connectivity index (χ3n) is 2.68. The average molecular weight is 356 g/mol. The summed E-state index contributed by atoms with van der Waals surface area (Å²) in [4.78, 5) is 15.5. The zero-order valence-corrected chi connectivity index (χ0v) is 12.9. The molecule has 2 aromatic rings. The smallest absolute Gasteiger partial charge is 0.252 e. The van der Waals surface area contributed by atoms with Crippen molar-refractivity contribution in [1.82, 2.24) is 4.98 Å². The molecule has 0 spiro atoms. The number of aromatic nitrogens is 1. The molecular weight excluding hydrogens is 344 g/mol. The SMILES string of the molecule is Cc1cc(Br)c(Nc2ncc(N)cc2C(N)=O)cc1Cl. The van der Waals surface area contributed by atoms with Gasteiger partial charge in [-0.25, -0.2) is 4.98 Å². The van der Waals surface area contributed by atoms with Crippen molar-refractivity contribution in [1.29, 1.82) is 0 Å². The van der Waals surface area contributed by atoms with Crippen LogP contribution in [0.25, 0.3) is 0 Å². The number of aryl methyl sites for hydroxylation is 1. The molecule has 7 heteroatoms. The van der Waals surface area contributed by atoms with E-state index in [0.717, 1.165) is 10.0 Å². The zero-order valence-electron chi connectivity index (χ0n) is 10.6. The minimum absolute atomic E-state index is 0.216. The van der Waals surface area contributed by atoms with Crippen LogP contribution in [-0.2, 0) is 0 Å². The van der Waals surface area contributed by atoms with Crippen LogP contribution in [0, 0.1) is 6.92 Å². The summed E-state index contributed by atoms with van der Waals surface area (Å²) in [6.07, 6.45) is 1.44. The van der Waals surface area contributed by atoms with E-state index >= 15 is 0 Å². The highest BCUT2D eigenvalue weighted by Crippen LogP contribution is 2.31. The van der Waals surface area contributed by atoms with Gasteiger partial charge < -0.3 is 16.8 Å². The van der Waals surface area contributed by atoms with Crippen molar-refractivity contribution in [2.75, 3.05) is 11.1 Å². The maximum Gasteiger partial charge on any atom is 0.252 e. The van der Waals surface area contributed by atoms with Gasteiger partial charge in [0.15, 0.2) is 0 Å². The van der Waals surface area contributed by atoms with Gasteiger partial charge in [0.05, 0.1) is 23.1 Å². The molecule has 0 aliphatic rings. The molecular formula is C13H12BrClN4O. The van der Waals surface area contributed by atoms with E-state index in [4.69, 9.17) is 23.1 Å². The third kappa shape index (κ3) is 3.02. The maximum absolute atomic E-state index is 11.4. The molecule has 0 atom stereocenters. The Morgan fingerprint density at radius 2 is 2.10 bits per heavy atom. The summed E-state index contributed by atoms with van der Waals surface area (Å²) in [5.41, 5.74) is 13.1. The number of hydrogen-bond donors (Lipinski definition) is 3. The van der Waals surface area contributed by atoms with Gasteiger partial charge in [0.25, 0.3) is 5.91 Å². The fourth-order valence-corrected chi connectivity index (χ4v) is 2.36. The van der Waals surface area contributed by atoms with Crippen molar-refractivity contribution < 1.29 is 4.79 Å². The van der Waals surface area contributed by atoms with Crippen molar-refractivity contribution in [2.24, 2.45) is 5.73 Å². The lowest BCUT2D eigenvalue weighted by Gasteiger charge is -2.12. The summed E-state index contributed by atoms with van der Waals surface area (Å²) in [5, 5.41) is 3.62. The molecule has 0 fully saturated rings. The number of nitrogens with two attached hydrogens (primary N) is 2. The molecule has 0 saturated heterocycles. The first-order valence-electron chi connectivity index (χ1n) is 5.66. The number of nitrogen functional groups attached to an aromatic ring is 1. The van der Waals surface area contributed by atoms with Gasteiger partial charge in [-0.15, -0.1) is 0 Å². The van der Waals surface area contributed by atoms with Crippen molar-refractivity contribution in [3.63, 3.8) is 0 Å². The van der Waals surface area contributed by atoms with Crippen LogP contribution in [0.2, 0.25) is 5.02 Å². The zero-order chi connectivity index (χ0) is 14.9. The number of benzene rings is 1. The number of nitrogens with one attached hydrogen (secondary N) is 1. The van der Waals surface area contributed by atoms with Crippen LogP contribution in [0.15, 0.2) is 28.9 Å². The van der Waals surface area contributed by atoms with Crippen LogP contribution < -0.4 is 16.8 Å². The summed E-state index contributed by atoms with van der Waals surface area (Å²) in [6, 6.07) is 5.08. The number of rotatable bonds is 3. The molecule has 0 unspecified atom stereocenters. The van der Waals surface area contributed by atoms with E-state index < -0.39 is 5.91 Å². The first kappa shape index (κ1) is 14.6. The number of pyridine rings is 1. The number of primary amides is 1. The van der Waals surface area contributed by atoms with Gasteiger partial charge in [-0.1, -0.05) is 11.6 Å².